The molecular weight excluding hydrogens is 192 g/mol. The molecule has 1 unspecified atom stereocenters. The van der Waals surface area contributed by atoms with E-state index in [0.29, 0.717) is 0 Å². The minimum Gasteiger partial charge on any atom is -0.0761 e. The zero-order valence-corrected chi connectivity index (χ0v) is 10.7. The predicted octanol–water partition coefficient (Wildman–Crippen LogP) is 3.01. The first-order valence-corrected chi connectivity index (χ1v) is 6.44. The van der Waals surface area contributed by atoms with Gasteiger partial charge in [-0.1, -0.05) is 56.2 Å². The van der Waals surface area contributed by atoms with E-state index in [1.807, 2.05) is 0 Å². The van der Waals surface area contributed by atoms with E-state index in [0.717, 1.165) is 11.8 Å². The Bertz CT molecular complexity index is 465. The van der Waals surface area contributed by atoms with Crippen molar-refractivity contribution in [1.29, 1.82) is 0 Å². The van der Waals surface area contributed by atoms with Gasteiger partial charge in [-0.05, 0) is 42.0 Å². The second-order valence-corrected chi connectivity index (χ2v) is 5.47. The van der Waals surface area contributed by atoms with Crippen molar-refractivity contribution >= 4 is 12.2 Å². The number of benzene rings is 1. The fraction of sp³-hybridized carbons (Fsp3) is 0.500. The third kappa shape index (κ3) is 2.75. The summed E-state index contributed by atoms with van der Waals surface area (Å²) in [5.41, 5.74) is 1.36. The molecule has 2 rings (SSSR count). The quantitative estimate of drug-likeness (QED) is 0.725. The summed E-state index contributed by atoms with van der Waals surface area (Å²) in [7, 11) is 0. The molecule has 0 saturated heterocycles. The molecular formula is C16H22. The van der Waals surface area contributed by atoms with E-state index in [1.54, 1.807) is 0 Å². The Morgan fingerprint density at radius 3 is 2.81 bits per heavy atom. The lowest BCUT2D eigenvalue weighted by molar-refractivity contribution is 0.499. The van der Waals surface area contributed by atoms with E-state index in [9.17, 15) is 0 Å². The Kier molecular flexibility index (Phi) is 3.48. The Morgan fingerprint density at radius 1 is 1.25 bits per heavy atom. The Morgan fingerprint density at radius 2 is 2.06 bits per heavy atom. The molecule has 16 heavy (non-hydrogen) atoms. The van der Waals surface area contributed by atoms with E-state index in [1.165, 1.54) is 35.3 Å². The standard InChI is InChI=1S/C16H22/c1-12(2)4-6-14-7-9-15-10-13(3)5-8-16(15)11-14/h5,8-12,14H,4,6-7H2,1-3H3. The Hall–Kier alpha value is -1.04. The number of rotatable bonds is 3. The van der Waals surface area contributed by atoms with Crippen LogP contribution in [0, 0.1) is 18.8 Å². The topological polar surface area (TPSA) is 0 Å². The molecule has 0 aliphatic heterocycles. The molecule has 1 aliphatic rings. The van der Waals surface area contributed by atoms with Crippen molar-refractivity contribution in [3.05, 3.63) is 34.2 Å². The minimum absolute atomic E-state index is 0.762. The van der Waals surface area contributed by atoms with E-state index in [-0.39, 0.29) is 0 Å². The van der Waals surface area contributed by atoms with Crippen LogP contribution in [-0.4, -0.2) is 0 Å². The molecule has 0 nitrogen and oxygen atoms in total. The summed E-state index contributed by atoms with van der Waals surface area (Å²) < 4.78 is 0. The summed E-state index contributed by atoms with van der Waals surface area (Å²) in [5.74, 6) is 1.59. The van der Waals surface area contributed by atoms with Gasteiger partial charge in [-0.2, -0.15) is 0 Å². The number of hydrogen-bond donors (Lipinski definition) is 0. The van der Waals surface area contributed by atoms with Gasteiger partial charge in [0.15, 0.2) is 0 Å². The molecule has 1 aromatic rings. The van der Waals surface area contributed by atoms with Crippen molar-refractivity contribution < 1.29 is 0 Å². The van der Waals surface area contributed by atoms with Gasteiger partial charge in [-0.3, -0.25) is 0 Å². The summed E-state index contributed by atoms with van der Waals surface area (Å²) >= 11 is 0. The fourth-order valence-corrected chi connectivity index (χ4v) is 2.37. The molecule has 0 N–H and O–H groups in total. The van der Waals surface area contributed by atoms with E-state index < -0.39 is 0 Å². The zero-order valence-electron chi connectivity index (χ0n) is 10.7. The molecule has 1 aromatic carbocycles. The molecule has 86 valence electrons. The van der Waals surface area contributed by atoms with Crippen LogP contribution < -0.4 is 10.4 Å². The molecule has 1 atom stereocenters. The number of fused-ring (bicyclic) bond motifs is 1. The summed E-state index contributed by atoms with van der Waals surface area (Å²) in [6, 6.07) is 6.78. The van der Waals surface area contributed by atoms with Gasteiger partial charge in [0.1, 0.15) is 0 Å². The monoisotopic (exact) mass is 214 g/mol. The maximum Gasteiger partial charge on any atom is -0.0189 e. The van der Waals surface area contributed by atoms with Gasteiger partial charge >= 0.3 is 0 Å². The van der Waals surface area contributed by atoms with Gasteiger partial charge in [-0.15, -0.1) is 0 Å². The first kappa shape index (κ1) is 11.4. The van der Waals surface area contributed by atoms with E-state index in [2.05, 4.69) is 51.1 Å². The molecule has 0 heterocycles. The molecule has 1 aliphatic carbocycles. The van der Waals surface area contributed by atoms with Crippen molar-refractivity contribution in [2.75, 3.05) is 0 Å². The number of hydrogen-bond acceptors (Lipinski definition) is 0. The lowest BCUT2D eigenvalue weighted by Crippen LogP contribution is -2.29. The minimum atomic E-state index is 0.762. The van der Waals surface area contributed by atoms with Gasteiger partial charge < -0.3 is 0 Å². The van der Waals surface area contributed by atoms with Crippen LogP contribution in [0.3, 0.4) is 0 Å². The zero-order chi connectivity index (χ0) is 11.5. The molecule has 0 saturated carbocycles. The third-order valence-corrected chi connectivity index (χ3v) is 3.41. The average Bonchev–Trinajstić information content (AvgIpc) is 2.26. The molecule has 0 radical (unpaired) electrons. The van der Waals surface area contributed by atoms with Gasteiger partial charge in [0, 0.05) is 0 Å². The summed E-state index contributed by atoms with van der Waals surface area (Å²) in [6.07, 6.45) is 8.78. The lowest BCUT2D eigenvalue weighted by Gasteiger charge is -2.15. The molecule has 0 bridgehead atoms. The maximum absolute atomic E-state index is 2.47. The van der Waals surface area contributed by atoms with Gasteiger partial charge in [0.05, 0.1) is 0 Å². The van der Waals surface area contributed by atoms with Crippen LogP contribution in [0.5, 0.6) is 0 Å². The highest BCUT2D eigenvalue weighted by molar-refractivity contribution is 5.41. The van der Waals surface area contributed by atoms with E-state index >= 15 is 0 Å². The van der Waals surface area contributed by atoms with Crippen LogP contribution >= 0.6 is 0 Å². The SMILES string of the molecule is Cc1ccc2c(c1)=CCC(CCC(C)C)C=2. The number of aryl methyl sites for hydroxylation is 1. The summed E-state index contributed by atoms with van der Waals surface area (Å²) in [5, 5.41) is 2.87. The lowest BCUT2D eigenvalue weighted by atomic mass is 9.90. The summed E-state index contributed by atoms with van der Waals surface area (Å²) in [6.45, 7) is 6.78. The van der Waals surface area contributed by atoms with Crippen LogP contribution in [0.4, 0.5) is 0 Å². The van der Waals surface area contributed by atoms with Crippen molar-refractivity contribution in [3.8, 4) is 0 Å². The summed E-state index contributed by atoms with van der Waals surface area (Å²) in [4.78, 5) is 0. The average molecular weight is 214 g/mol. The van der Waals surface area contributed by atoms with Crippen LogP contribution in [-0.2, 0) is 0 Å². The Balaban J connectivity index is 2.17. The van der Waals surface area contributed by atoms with Crippen molar-refractivity contribution in [2.45, 2.75) is 40.0 Å². The van der Waals surface area contributed by atoms with Gasteiger partial charge in [0.25, 0.3) is 0 Å². The van der Waals surface area contributed by atoms with Gasteiger partial charge in [0.2, 0.25) is 0 Å². The Labute approximate surface area is 98.7 Å². The molecule has 0 amide bonds. The predicted molar refractivity (Wildman–Crippen MR) is 71.5 cm³/mol. The first-order chi connectivity index (χ1) is 7.65. The second-order valence-electron chi connectivity index (χ2n) is 5.47. The largest absolute Gasteiger partial charge is 0.0761 e. The highest BCUT2D eigenvalue weighted by atomic mass is 14.1. The third-order valence-electron chi connectivity index (χ3n) is 3.41. The molecule has 0 aromatic heterocycles. The van der Waals surface area contributed by atoms with Crippen molar-refractivity contribution in [2.24, 2.45) is 11.8 Å². The van der Waals surface area contributed by atoms with Gasteiger partial charge in [-0.25, -0.2) is 0 Å². The maximum atomic E-state index is 2.47. The van der Waals surface area contributed by atoms with Crippen LogP contribution in [0.25, 0.3) is 12.2 Å². The normalized spacial score (nSPS) is 18.9. The van der Waals surface area contributed by atoms with Crippen LogP contribution in [0.2, 0.25) is 0 Å². The first-order valence-electron chi connectivity index (χ1n) is 6.44. The highest BCUT2D eigenvalue weighted by Gasteiger charge is 2.08. The fourth-order valence-electron chi connectivity index (χ4n) is 2.37. The molecule has 0 heteroatoms. The van der Waals surface area contributed by atoms with Crippen molar-refractivity contribution in [1.82, 2.24) is 0 Å². The second kappa shape index (κ2) is 4.86. The smallest absolute Gasteiger partial charge is 0.0189 e. The van der Waals surface area contributed by atoms with Crippen molar-refractivity contribution in [3.63, 3.8) is 0 Å². The molecule has 0 fully saturated rings. The van der Waals surface area contributed by atoms with Crippen LogP contribution in [0.1, 0.15) is 38.7 Å². The van der Waals surface area contributed by atoms with E-state index in [4.69, 9.17) is 0 Å². The van der Waals surface area contributed by atoms with Crippen LogP contribution in [0.15, 0.2) is 18.2 Å². The molecule has 0 spiro atoms. The highest BCUT2D eigenvalue weighted by Crippen LogP contribution is 2.18.